The standard InChI is InChI=1S/C17H20N2O5S/c1-23-13-6-5-7-14(12-13)24-11-10-18-17(20)15-8-3-4-9-16(15)19-25(2,21)22/h3-9,12,19H,10-11H2,1-2H3,(H,18,20). The van der Waals surface area contributed by atoms with Gasteiger partial charge < -0.3 is 14.8 Å². The van der Waals surface area contributed by atoms with Gasteiger partial charge in [-0.3, -0.25) is 9.52 Å². The van der Waals surface area contributed by atoms with Crippen molar-refractivity contribution in [1.82, 2.24) is 5.32 Å². The van der Waals surface area contributed by atoms with E-state index in [1.165, 1.54) is 6.07 Å². The van der Waals surface area contributed by atoms with Crippen molar-refractivity contribution >= 4 is 21.6 Å². The van der Waals surface area contributed by atoms with Gasteiger partial charge in [-0.1, -0.05) is 18.2 Å². The van der Waals surface area contributed by atoms with Crippen LogP contribution >= 0.6 is 0 Å². The normalized spacial score (nSPS) is 10.8. The van der Waals surface area contributed by atoms with Crippen LogP contribution in [0.25, 0.3) is 0 Å². The van der Waals surface area contributed by atoms with Gasteiger partial charge in [0.1, 0.15) is 18.1 Å². The fourth-order valence-corrected chi connectivity index (χ4v) is 2.67. The van der Waals surface area contributed by atoms with E-state index >= 15 is 0 Å². The van der Waals surface area contributed by atoms with E-state index in [9.17, 15) is 13.2 Å². The lowest BCUT2D eigenvalue weighted by atomic mass is 10.1. The number of carbonyl (C=O) groups is 1. The Morgan fingerprint density at radius 2 is 1.80 bits per heavy atom. The maximum absolute atomic E-state index is 12.2. The van der Waals surface area contributed by atoms with Crippen LogP contribution in [-0.4, -0.2) is 40.8 Å². The van der Waals surface area contributed by atoms with E-state index in [0.717, 1.165) is 6.26 Å². The number of anilines is 1. The van der Waals surface area contributed by atoms with Crippen LogP contribution in [0.4, 0.5) is 5.69 Å². The summed E-state index contributed by atoms with van der Waals surface area (Å²) in [5.41, 5.74) is 0.477. The largest absolute Gasteiger partial charge is 0.497 e. The van der Waals surface area contributed by atoms with Crippen LogP contribution in [0, 0.1) is 0 Å². The highest BCUT2D eigenvalue weighted by Gasteiger charge is 2.13. The number of benzene rings is 2. The summed E-state index contributed by atoms with van der Waals surface area (Å²) in [6.07, 6.45) is 1.03. The van der Waals surface area contributed by atoms with Crippen LogP contribution in [-0.2, 0) is 10.0 Å². The summed E-state index contributed by atoms with van der Waals surface area (Å²) < 4.78 is 35.7. The predicted octanol–water partition coefficient (Wildman–Crippen LogP) is 1.88. The third-order valence-electron chi connectivity index (χ3n) is 3.16. The zero-order valence-electron chi connectivity index (χ0n) is 14.0. The quantitative estimate of drug-likeness (QED) is 0.698. The molecule has 0 aliphatic heterocycles. The number of hydrogen-bond acceptors (Lipinski definition) is 5. The second-order valence-electron chi connectivity index (χ2n) is 5.20. The van der Waals surface area contributed by atoms with Crippen LogP contribution in [0.15, 0.2) is 48.5 Å². The van der Waals surface area contributed by atoms with Crippen molar-refractivity contribution in [3.63, 3.8) is 0 Å². The first-order valence-electron chi connectivity index (χ1n) is 7.51. The molecule has 0 saturated heterocycles. The predicted molar refractivity (Wildman–Crippen MR) is 95.7 cm³/mol. The molecule has 0 spiro atoms. The minimum absolute atomic E-state index is 0.233. The summed E-state index contributed by atoms with van der Waals surface area (Å²) in [6, 6.07) is 13.5. The highest BCUT2D eigenvalue weighted by atomic mass is 32.2. The van der Waals surface area contributed by atoms with Crippen LogP contribution < -0.4 is 19.5 Å². The lowest BCUT2D eigenvalue weighted by Gasteiger charge is -2.12. The van der Waals surface area contributed by atoms with Crippen LogP contribution in [0.5, 0.6) is 11.5 Å². The summed E-state index contributed by atoms with van der Waals surface area (Å²) >= 11 is 0. The first-order chi connectivity index (χ1) is 11.9. The fourth-order valence-electron chi connectivity index (χ4n) is 2.09. The van der Waals surface area contributed by atoms with Crippen LogP contribution in [0.2, 0.25) is 0 Å². The Morgan fingerprint density at radius 1 is 1.08 bits per heavy atom. The summed E-state index contributed by atoms with van der Waals surface area (Å²) in [7, 11) is -1.90. The van der Waals surface area contributed by atoms with Crippen molar-refractivity contribution in [3.05, 3.63) is 54.1 Å². The molecule has 2 N–H and O–H groups in total. The van der Waals surface area contributed by atoms with E-state index in [1.807, 2.05) is 0 Å². The van der Waals surface area contributed by atoms with Gasteiger partial charge in [0.05, 0.1) is 31.2 Å². The number of methoxy groups -OCH3 is 1. The number of hydrogen-bond donors (Lipinski definition) is 2. The number of nitrogens with one attached hydrogen (secondary N) is 2. The van der Waals surface area contributed by atoms with E-state index in [2.05, 4.69) is 10.0 Å². The Balaban J connectivity index is 1.90. The molecule has 0 aromatic heterocycles. The molecule has 1 amide bonds. The lowest BCUT2D eigenvalue weighted by molar-refractivity contribution is 0.0948. The van der Waals surface area contributed by atoms with Crippen molar-refractivity contribution in [2.24, 2.45) is 0 Å². The number of ether oxygens (including phenoxy) is 2. The number of carbonyl (C=O) groups excluding carboxylic acids is 1. The lowest BCUT2D eigenvalue weighted by Crippen LogP contribution is -2.29. The van der Waals surface area contributed by atoms with E-state index < -0.39 is 10.0 Å². The molecular formula is C17H20N2O5S. The molecule has 0 aliphatic carbocycles. The van der Waals surface area contributed by atoms with Gasteiger partial charge in [0.2, 0.25) is 10.0 Å². The van der Waals surface area contributed by atoms with E-state index in [-0.39, 0.29) is 30.3 Å². The highest BCUT2D eigenvalue weighted by Crippen LogP contribution is 2.19. The Bertz CT molecular complexity index is 836. The Kier molecular flexibility index (Phi) is 6.24. The molecule has 25 heavy (non-hydrogen) atoms. The number of amides is 1. The molecule has 0 radical (unpaired) electrons. The third-order valence-corrected chi connectivity index (χ3v) is 3.76. The van der Waals surface area contributed by atoms with Gasteiger partial charge in [-0.05, 0) is 24.3 Å². The minimum Gasteiger partial charge on any atom is -0.497 e. The van der Waals surface area contributed by atoms with E-state index in [0.29, 0.717) is 11.5 Å². The molecule has 0 unspecified atom stereocenters. The van der Waals surface area contributed by atoms with Crippen LogP contribution in [0.1, 0.15) is 10.4 Å². The Morgan fingerprint density at radius 3 is 2.52 bits per heavy atom. The fraction of sp³-hybridized carbons (Fsp3) is 0.235. The monoisotopic (exact) mass is 364 g/mol. The van der Waals surface area contributed by atoms with Gasteiger partial charge in [-0.25, -0.2) is 8.42 Å². The molecule has 0 bridgehead atoms. The van der Waals surface area contributed by atoms with Crippen molar-refractivity contribution in [3.8, 4) is 11.5 Å². The Hall–Kier alpha value is -2.74. The third kappa shape index (κ3) is 6.00. The summed E-state index contributed by atoms with van der Waals surface area (Å²) in [5, 5.41) is 2.69. The minimum atomic E-state index is -3.47. The van der Waals surface area contributed by atoms with Gasteiger partial charge in [0.25, 0.3) is 5.91 Å². The smallest absolute Gasteiger partial charge is 0.253 e. The van der Waals surface area contributed by atoms with E-state index in [1.54, 1.807) is 49.6 Å². The summed E-state index contributed by atoms with van der Waals surface area (Å²) in [5.74, 6) is 0.927. The summed E-state index contributed by atoms with van der Waals surface area (Å²) in [6.45, 7) is 0.532. The number of rotatable bonds is 8. The first kappa shape index (κ1) is 18.6. The zero-order chi connectivity index (χ0) is 18.3. The van der Waals surface area contributed by atoms with Gasteiger partial charge in [-0.15, -0.1) is 0 Å². The second kappa shape index (κ2) is 8.39. The zero-order valence-corrected chi connectivity index (χ0v) is 14.8. The molecule has 2 aromatic rings. The average molecular weight is 364 g/mol. The molecule has 0 fully saturated rings. The van der Waals surface area contributed by atoms with Crippen molar-refractivity contribution < 1.29 is 22.7 Å². The molecule has 8 heteroatoms. The molecular weight excluding hydrogens is 344 g/mol. The van der Waals surface area contributed by atoms with Gasteiger partial charge in [-0.2, -0.15) is 0 Å². The maximum Gasteiger partial charge on any atom is 0.253 e. The SMILES string of the molecule is COc1cccc(OCCNC(=O)c2ccccc2NS(C)(=O)=O)c1. The molecule has 134 valence electrons. The van der Waals surface area contributed by atoms with E-state index in [4.69, 9.17) is 9.47 Å². The highest BCUT2D eigenvalue weighted by molar-refractivity contribution is 7.92. The molecule has 7 nitrogen and oxygen atoms in total. The molecule has 2 aromatic carbocycles. The molecule has 0 atom stereocenters. The van der Waals surface area contributed by atoms with Crippen LogP contribution in [0.3, 0.4) is 0 Å². The average Bonchev–Trinajstić information content (AvgIpc) is 2.58. The number of para-hydroxylation sites is 1. The van der Waals surface area contributed by atoms with Gasteiger partial charge >= 0.3 is 0 Å². The topological polar surface area (TPSA) is 93.7 Å². The molecule has 0 saturated carbocycles. The second-order valence-corrected chi connectivity index (χ2v) is 6.95. The molecule has 2 rings (SSSR count). The van der Waals surface area contributed by atoms with Gasteiger partial charge in [0.15, 0.2) is 0 Å². The number of sulfonamides is 1. The molecule has 0 aliphatic rings. The maximum atomic E-state index is 12.2. The Labute approximate surface area is 147 Å². The molecule has 0 heterocycles. The van der Waals surface area contributed by atoms with Crippen molar-refractivity contribution in [2.45, 2.75) is 0 Å². The summed E-state index contributed by atoms with van der Waals surface area (Å²) in [4.78, 5) is 12.2. The van der Waals surface area contributed by atoms with Crippen molar-refractivity contribution in [1.29, 1.82) is 0 Å². The van der Waals surface area contributed by atoms with Gasteiger partial charge in [0, 0.05) is 6.07 Å². The van der Waals surface area contributed by atoms with Crippen molar-refractivity contribution in [2.75, 3.05) is 31.2 Å². The first-order valence-corrected chi connectivity index (χ1v) is 9.40.